The Bertz CT molecular complexity index is 647. The molecular formula is C18H26N6. The Morgan fingerprint density at radius 3 is 2.42 bits per heavy atom. The lowest BCUT2D eigenvalue weighted by molar-refractivity contribution is 0.259. The van der Waals surface area contributed by atoms with Crippen molar-refractivity contribution in [1.29, 1.82) is 0 Å². The van der Waals surface area contributed by atoms with E-state index in [0.717, 1.165) is 56.5 Å². The molecule has 3 heterocycles. The molecule has 1 aliphatic rings. The van der Waals surface area contributed by atoms with Gasteiger partial charge in [-0.05, 0) is 31.2 Å². The highest BCUT2D eigenvalue weighted by atomic mass is 15.3. The zero-order valence-electron chi connectivity index (χ0n) is 14.8. The van der Waals surface area contributed by atoms with E-state index >= 15 is 0 Å². The van der Waals surface area contributed by atoms with Crippen LogP contribution in [0.15, 0.2) is 30.3 Å². The molecular weight excluding hydrogens is 300 g/mol. The van der Waals surface area contributed by atoms with Crippen LogP contribution in [0.5, 0.6) is 0 Å². The summed E-state index contributed by atoms with van der Waals surface area (Å²) >= 11 is 0. The van der Waals surface area contributed by atoms with E-state index in [2.05, 4.69) is 43.2 Å². The molecule has 0 saturated carbocycles. The summed E-state index contributed by atoms with van der Waals surface area (Å²) < 4.78 is 0. The maximum absolute atomic E-state index is 4.58. The van der Waals surface area contributed by atoms with Crippen molar-refractivity contribution in [2.75, 3.05) is 56.6 Å². The van der Waals surface area contributed by atoms with Crippen molar-refractivity contribution in [3.63, 3.8) is 0 Å². The van der Waals surface area contributed by atoms with Crippen LogP contribution in [0, 0.1) is 6.92 Å². The van der Waals surface area contributed by atoms with E-state index in [1.54, 1.807) is 0 Å². The van der Waals surface area contributed by atoms with Gasteiger partial charge >= 0.3 is 0 Å². The Morgan fingerprint density at radius 1 is 1.00 bits per heavy atom. The van der Waals surface area contributed by atoms with Crippen molar-refractivity contribution >= 4 is 11.6 Å². The summed E-state index contributed by atoms with van der Waals surface area (Å²) in [6, 6.07) is 10.3. The molecule has 0 spiro atoms. The smallest absolute Gasteiger partial charge is 0.151 e. The molecule has 6 nitrogen and oxygen atoms in total. The fourth-order valence-corrected chi connectivity index (χ4v) is 2.94. The van der Waals surface area contributed by atoms with Crippen LogP contribution in [0.4, 0.5) is 11.6 Å². The van der Waals surface area contributed by atoms with Crippen LogP contribution in [0.3, 0.4) is 0 Å². The van der Waals surface area contributed by atoms with Crippen LogP contribution in [-0.4, -0.2) is 66.9 Å². The van der Waals surface area contributed by atoms with Crippen LogP contribution < -0.4 is 9.80 Å². The van der Waals surface area contributed by atoms with Gasteiger partial charge in [0.1, 0.15) is 0 Å². The van der Waals surface area contributed by atoms with Gasteiger partial charge in [-0.25, -0.2) is 0 Å². The molecule has 0 unspecified atom stereocenters. The van der Waals surface area contributed by atoms with E-state index in [9.17, 15) is 0 Å². The third-order valence-electron chi connectivity index (χ3n) is 4.42. The van der Waals surface area contributed by atoms with Crippen molar-refractivity contribution in [3.8, 4) is 0 Å². The zero-order chi connectivity index (χ0) is 16.9. The third-order valence-corrected chi connectivity index (χ3v) is 4.42. The van der Waals surface area contributed by atoms with Gasteiger partial charge in [-0.1, -0.05) is 6.07 Å². The predicted molar refractivity (Wildman–Crippen MR) is 97.7 cm³/mol. The van der Waals surface area contributed by atoms with E-state index in [-0.39, 0.29) is 0 Å². The number of aromatic nitrogens is 3. The second kappa shape index (κ2) is 7.57. The molecule has 1 saturated heterocycles. The summed E-state index contributed by atoms with van der Waals surface area (Å²) in [6.07, 6.45) is 1.01. The van der Waals surface area contributed by atoms with E-state index in [1.807, 2.05) is 38.1 Å². The van der Waals surface area contributed by atoms with Crippen molar-refractivity contribution in [2.45, 2.75) is 13.3 Å². The molecule has 6 heteroatoms. The number of anilines is 2. The van der Waals surface area contributed by atoms with Crippen LogP contribution >= 0.6 is 0 Å². The van der Waals surface area contributed by atoms with Crippen molar-refractivity contribution in [3.05, 3.63) is 41.7 Å². The minimum atomic E-state index is 0.892. The number of hydrogen-bond donors (Lipinski definition) is 0. The molecule has 0 atom stereocenters. The van der Waals surface area contributed by atoms with Gasteiger partial charge in [-0.3, -0.25) is 9.88 Å². The Balaban J connectivity index is 1.48. The van der Waals surface area contributed by atoms with Gasteiger partial charge in [0.2, 0.25) is 0 Å². The first-order chi connectivity index (χ1) is 11.6. The fourth-order valence-electron chi connectivity index (χ4n) is 2.94. The number of rotatable bonds is 5. The molecule has 0 aliphatic carbocycles. The lowest BCUT2D eigenvalue weighted by Crippen LogP contribution is -2.47. The quantitative estimate of drug-likeness (QED) is 0.832. The Hall–Kier alpha value is -2.21. The van der Waals surface area contributed by atoms with E-state index in [4.69, 9.17) is 0 Å². The fraction of sp³-hybridized carbons (Fsp3) is 0.500. The van der Waals surface area contributed by atoms with Crippen molar-refractivity contribution in [2.24, 2.45) is 0 Å². The molecule has 0 N–H and O–H groups in total. The molecule has 3 rings (SSSR count). The molecule has 1 aliphatic heterocycles. The van der Waals surface area contributed by atoms with Gasteiger partial charge in [0.15, 0.2) is 11.6 Å². The van der Waals surface area contributed by atoms with E-state index in [0.29, 0.717) is 0 Å². The van der Waals surface area contributed by atoms with E-state index in [1.165, 1.54) is 5.69 Å². The molecule has 2 aromatic rings. The van der Waals surface area contributed by atoms with Gasteiger partial charge in [0, 0.05) is 64.6 Å². The number of piperazine rings is 1. The van der Waals surface area contributed by atoms with Gasteiger partial charge in [0.05, 0.1) is 0 Å². The number of aryl methyl sites for hydroxylation is 1. The molecule has 128 valence electrons. The average Bonchev–Trinajstić information content (AvgIpc) is 2.61. The number of hydrogen-bond acceptors (Lipinski definition) is 6. The highest BCUT2D eigenvalue weighted by Gasteiger charge is 2.18. The summed E-state index contributed by atoms with van der Waals surface area (Å²) in [4.78, 5) is 11.4. The Morgan fingerprint density at radius 2 is 1.79 bits per heavy atom. The summed E-state index contributed by atoms with van der Waals surface area (Å²) in [5, 5.41) is 8.63. The summed E-state index contributed by atoms with van der Waals surface area (Å²) in [5.74, 6) is 1.86. The second-order valence-corrected chi connectivity index (χ2v) is 6.49. The zero-order valence-corrected chi connectivity index (χ0v) is 14.8. The number of nitrogens with zero attached hydrogens (tertiary/aromatic N) is 6. The molecule has 0 radical (unpaired) electrons. The summed E-state index contributed by atoms with van der Waals surface area (Å²) in [6.45, 7) is 7.22. The van der Waals surface area contributed by atoms with Gasteiger partial charge in [0.25, 0.3) is 0 Å². The summed E-state index contributed by atoms with van der Waals surface area (Å²) in [5.41, 5.74) is 2.28. The molecule has 2 aromatic heterocycles. The average molecular weight is 326 g/mol. The van der Waals surface area contributed by atoms with Gasteiger partial charge in [-0.2, -0.15) is 0 Å². The van der Waals surface area contributed by atoms with Crippen LogP contribution in [0.25, 0.3) is 0 Å². The normalized spacial score (nSPS) is 15.5. The standard InChI is InChI=1S/C18H26N6/c1-15-5-4-6-16(19-15)9-10-23-11-13-24(14-12-23)18-8-7-17(20-21-18)22(2)3/h4-8H,9-14H2,1-3H3. The SMILES string of the molecule is Cc1cccc(CCN2CCN(c3ccc(N(C)C)nn3)CC2)n1. The van der Waals surface area contributed by atoms with E-state index < -0.39 is 0 Å². The minimum Gasteiger partial charge on any atom is -0.361 e. The monoisotopic (exact) mass is 326 g/mol. The van der Waals surface area contributed by atoms with Gasteiger partial charge in [-0.15, -0.1) is 10.2 Å². The highest BCUT2D eigenvalue weighted by Crippen LogP contribution is 2.15. The van der Waals surface area contributed by atoms with Crippen LogP contribution in [0.1, 0.15) is 11.4 Å². The van der Waals surface area contributed by atoms with Crippen LogP contribution in [0.2, 0.25) is 0 Å². The largest absolute Gasteiger partial charge is 0.361 e. The predicted octanol–water partition coefficient (Wildman–Crippen LogP) is 1.61. The molecule has 24 heavy (non-hydrogen) atoms. The lowest BCUT2D eigenvalue weighted by Gasteiger charge is -2.35. The molecule has 0 bridgehead atoms. The molecule has 1 fully saturated rings. The number of pyridine rings is 1. The lowest BCUT2D eigenvalue weighted by atomic mass is 10.2. The first-order valence-corrected chi connectivity index (χ1v) is 8.53. The molecule has 0 amide bonds. The maximum Gasteiger partial charge on any atom is 0.151 e. The topological polar surface area (TPSA) is 48.4 Å². The maximum atomic E-state index is 4.58. The third kappa shape index (κ3) is 4.20. The first-order valence-electron chi connectivity index (χ1n) is 8.53. The summed E-state index contributed by atoms with van der Waals surface area (Å²) in [7, 11) is 3.96. The second-order valence-electron chi connectivity index (χ2n) is 6.49. The highest BCUT2D eigenvalue weighted by molar-refractivity contribution is 5.44. The van der Waals surface area contributed by atoms with Gasteiger partial charge < -0.3 is 9.80 Å². The minimum absolute atomic E-state index is 0.892. The molecule has 0 aromatic carbocycles. The Kier molecular flexibility index (Phi) is 5.25. The van der Waals surface area contributed by atoms with Crippen LogP contribution in [-0.2, 0) is 6.42 Å². The Labute approximate surface area is 144 Å². The van der Waals surface area contributed by atoms with Crippen molar-refractivity contribution < 1.29 is 0 Å². The first kappa shape index (κ1) is 16.6. The van der Waals surface area contributed by atoms with Crippen molar-refractivity contribution in [1.82, 2.24) is 20.1 Å².